The van der Waals surface area contributed by atoms with Gasteiger partial charge in [-0.2, -0.15) is 0 Å². The molecule has 0 aromatic carbocycles. The van der Waals surface area contributed by atoms with Crippen molar-refractivity contribution in [2.75, 3.05) is 7.11 Å². The summed E-state index contributed by atoms with van der Waals surface area (Å²) >= 11 is 0. The first-order valence-electron chi connectivity index (χ1n) is 9.73. The van der Waals surface area contributed by atoms with Crippen molar-refractivity contribution in [2.24, 2.45) is 5.92 Å². The van der Waals surface area contributed by atoms with Crippen molar-refractivity contribution in [1.82, 2.24) is 5.32 Å². The lowest BCUT2D eigenvalue weighted by Crippen LogP contribution is -2.65. The van der Waals surface area contributed by atoms with Crippen LogP contribution in [0.15, 0.2) is 11.6 Å². The fourth-order valence-corrected chi connectivity index (χ4v) is 5.25. The van der Waals surface area contributed by atoms with Crippen LogP contribution in [0.25, 0.3) is 0 Å². The van der Waals surface area contributed by atoms with E-state index in [2.05, 4.69) is 39.2 Å². The number of carbonyl (C=O) groups excluding carboxylic acids is 2. The molecule has 0 spiro atoms. The molecule has 0 aromatic rings. The van der Waals surface area contributed by atoms with Crippen LogP contribution in [0.2, 0.25) is 18.1 Å². The Kier molecular flexibility index (Phi) is 6.08. The molecule has 0 unspecified atom stereocenters. The van der Waals surface area contributed by atoms with Crippen molar-refractivity contribution >= 4 is 20.2 Å². The largest absolute Gasteiger partial charge is 0.467 e. The molecule has 2 atom stereocenters. The van der Waals surface area contributed by atoms with E-state index in [1.54, 1.807) is 0 Å². The molecule has 1 heterocycles. The van der Waals surface area contributed by atoms with E-state index < -0.39 is 19.8 Å². The highest BCUT2D eigenvalue weighted by Crippen LogP contribution is 2.44. The Morgan fingerprint density at radius 3 is 2.27 bits per heavy atom. The standard InChI is InChI=1S/C20H35NO4Si/c1-14-13-16(22)21-20(14,18(23)24-5)17(15-11-9-8-10-12-15)25-26(6,7)19(2,3)4/h13,15,17H,8-12H2,1-7H3,(H,21,22)/t17-,20+/m1/s1. The quantitative estimate of drug-likeness (QED) is 0.578. The molecule has 0 saturated heterocycles. The number of esters is 1. The highest BCUT2D eigenvalue weighted by molar-refractivity contribution is 6.74. The summed E-state index contributed by atoms with van der Waals surface area (Å²) in [5.41, 5.74) is -0.507. The van der Waals surface area contributed by atoms with Crippen molar-refractivity contribution in [3.63, 3.8) is 0 Å². The van der Waals surface area contributed by atoms with Crippen LogP contribution in [0, 0.1) is 5.92 Å². The van der Waals surface area contributed by atoms with Crippen LogP contribution in [0.5, 0.6) is 0 Å². The van der Waals surface area contributed by atoms with Crippen molar-refractivity contribution in [3.8, 4) is 0 Å². The van der Waals surface area contributed by atoms with Crippen LogP contribution in [-0.2, 0) is 18.8 Å². The minimum absolute atomic E-state index is 0.0114. The van der Waals surface area contributed by atoms with Gasteiger partial charge >= 0.3 is 5.97 Å². The van der Waals surface area contributed by atoms with Gasteiger partial charge in [-0.05, 0) is 49.4 Å². The zero-order valence-corrected chi connectivity index (χ0v) is 18.4. The van der Waals surface area contributed by atoms with E-state index in [0.717, 1.165) is 25.7 Å². The van der Waals surface area contributed by atoms with E-state index >= 15 is 0 Å². The first kappa shape index (κ1) is 21.2. The molecular weight excluding hydrogens is 346 g/mol. The molecule has 0 aromatic heterocycles. The van der Waals surface area contributed by atoms with Gasteiger partial charge in [-0.15, -0.1) is 0 Å². The Morgan fingerprint density at radius 2 is 1.85 bits per heavy atom. The maximum atomic E-state index is 13.0. The molecule has 5 nitrogen and oxygen atoms in total. The number of carbonyl (C=O) groups is 2. The molecule has 1 N–H and O–H groups in total. The summed E-state index contributed by atoms with van der Waals surface area (Å²) in [5, 5.41) is 2.94. The summed E-state index contributed by atoms with van der Waals surface area (Å²) < 4.78 is 12.0. The maximum Gasteiger partial charge on any atom is 0.338 e. The van der Waals surface area contributed by atoms with Crippen LogP contribution < -0.4 is 5.32 Å². The molecule has 2 rings (SSSR count). The van der Waals surface area contributed by atoms with Crippen LogP contribution in [0.4, 0.5) is 0 Å². The summed E-state index contributed by atoms with van der Waals surface area (Å²) in [7, 11) is -0.782. The third-order valence-electron chi connectivity index (χ3n) is 6.53. The van der Waals surface area contributed by atoms with Crippen LogP contribution >= 0.6 is 0 Å². The van der Waals surface area contributed by atoms with Gasteiger partial charge in [0.05, 0.1) is 13.2 Å². The Balaban J connectivity index is 2.52. The third kappa shape index (κ3) is 3.76. The van der Waals surface area contributed by atoms with E-state index in [1.165, 1.54) is 19.6 Å². The highest BCUT2D eigenvalue weighted by Gasteiger charge is 2.57. The minimum Gasteiger partial charge on any atom is -0.467 e. The van der Waals surface area contributed by atoms with E-state index in [9.17, 15) is 9.59 Å². The summed E-state index contributed by atoms with van der Waals surface area (Å²) in [6.45, 7) is 12.8. The predicted octanol–water partition coefficient (Wildman–Crippen LogP) is 3.95. The van der Waals surface area contributed by atoms with Gasteiger partial charge in [0, 0.05) is 6.08 Å². The molecule has 26 heavy (non-hydrogen) atoms. The van der Waals surface area contributed by atoms with Crippen molar-refractivity contribution in [3.05, 3.63) is 11.6 Å². The van der Waals surface area contributed by atoms with E-state index in [0.29, 0.717) is 5.57 Å². The molecule has 1 fully saturated rings. The molecule has 1 aliphatic heterocycles. The number of rotatable bonds is 5. The van der Waals surface area contributed by atoms with Crippen LogP contribution in [-0.4, -0.2) is 38.9 Å². The van der Waals surface area contributed by atoms with Crippen molar-refractivity contribution in [1.29, 1.82) is 0 Å². The zero-order chi connectivity index (χ0) is 19.8. The Morgan fingerprint density at radius 1 is 1.27 bits per heavy atom. The fourth-order valence-electron chi connectivity index (χ4n) is 3.89. The van der Waals surface area contributed by atoms with Gasteiger partial charge in [0.1, 0.15) is 0 Å². The monoisotopic (exact) mass is 381 g/mol. The highest BCUT2D eigenvalue weighted by atomic mass is 28.4. The Bertz CT molecular complexity index is 587. The molecular formula is C20H35NO4Si. The normalized spacial score (nSPS) is 26.3. The molecule has 0 bridgehead atoms. The lowest BCUT2D eigenvalue weighted by Gasteiger charge is -2.48. The molecule has 148 valence electrons. The second-order valence-corrected chi connectivity index (χ2v) is 14.1. The summed E-state index contributed by atoms with van der Waals surface area (Å²) in [4.78, 5) is 25.2. The van der Waals surface area contributed by atoms with Gasteiger partial charge in [-0.3, -0.25) is 4.79 Å². The average Bonchev–Trinajstić information content (AvgIpc) is 2.86. The Labute approximate surface area is 159 Å². The van der Waals surface area contributed by atoms with Gasteiger partial charge in [0.25, 0.3) is 0 Å². The van der Waals surface area contributed by atoms with Crippen molar-refractivity contribution in [2.45, 2.75) is 89.6 Å². The van der Waals surface area contributed by atoms with E-state index in [-0.39, 0.29) is 23.0 Å². The van der Waals surface area contributed by atoms with Crippen LogP contribution in [0.1, 0.15) is 59.8 Å². The molecule has 6 heteroatoms. The maximum absolute atomic E-state index is 13.0. The van der Waals surface area contributed by atoms with Crippen molar-refractivity contribution < 1.29 is 18.8 Å². The number of nitrogens with one attached hydrogen (secondary N) is 1. The van der Waals surface area contributed by atoms with Gasteiger partial charge in [-0.25, -0.2) is 4.79 Å². The topological polar surface area (TPSA) is 64.6 Å². The Hall–Kier alpha value is -1.14. The van der Waals surface area contributed by atoms with Gasteiger partial charge < -0.3 is 14.5 Å². The number of hydrogen-bond acceptors (Lipinski definition) is 4. The van der Waals surface area contributed by atoms with E-state index in [4.69, 9.17) is 9.16 Å². The lowest BCUT2D eigenvalue weighted by molar-refractivity contribution is -0.154. The number of methoxy groups -OCH3 is 1. The predicted molar refractivity (Wildman–Crippen MR) is 105 cm³/mol. The summed E-state index contributed by atoms with van der Waals surface area (Å²) in [6, 6.07) is 0. The first-order chi connectivity index (χ1) is 12.0. The summed E-state index contributed by atoms with van der Waals surface area (Å²) in [5.74, 6) is -0.433. The molecule has 0 radical (unpaired) electrons. The number of amides is 1. The average molecular weight is 382 g/mol. The molecule has 1 aliphatic carbocycles. The van der Waals surface area contributed by atoms with Crippen LogP contribution in [0.3, 0.4) is 0 Å². The smallest absolute Gasteiger partial charge is 0.338 e. The molecule has 1 saturated carbocycles. The van der Waals surface area contributed by atoms with Gasteiger partial charge in [-0.1, -0.05) is 40.0 Å². The van der Waals surface area contributed by atoms with Gasteiger partial charge in [0.2, 0.25) is 5.91 Å². The summed E-state index contributed by atoms with van der Waals surface area (Å²) in [6.07, 6.45) is 6.64. The number of hydrogen-bond donors (Lipinski definition) is 1. The second-order valence-electron chi connectivity index (χ2n) is 9.31. The molecule has 1 amide bonds. The molecule has 2 aliphatic rings. The second kappa shape index (κ2) is 7.47. The van der Waals surface area contributed by atoms with Gasteiger partial charge in [0.15, 0.2) is 13.9 Å². The van der Waals surface area contributed by atoms with E-state index in [1.807, 2.05) is 6.92 Å². The number of ether oxygens (including phenoxy) is 1. The lowest BCUT2D eigenvalue weighted by atomic mass is 9.74. The fraction of sp³-hybridized carbons (Fsp3) is 0.800. The zero-order valence-electron chi connectivity index (χ0n) is 17.4. The first-order valence-corrected chi connectivity index (χ1v) is 12.6. The SMILES string of the molecule is COC(=O)[C@]1([C@H](O[Si](C)(C)C(C)(C)C)C2CCCCC2)NC(=O)C=C1C. The minimum atomic E-state index is -2.16. The third-order valence-corrected chi connectivity index (χ3v) is 11.0.